The Morgan fingerprint density at radius 3 is 2.76 bits per heavy atom. The van der Waals surface area contributed by atoms with Gasteiger partial charge >= 0.3 is 5.97 Å². The van der Waals surface area contributed by atoms with Crippen molar-refractivity contribution in [1.29, 1.82) is 0 Å². The molecule has 110 valence electrons. The van der Waals surface area contributed by atoms with Gasteiger partial charge in [0.05, 0.1) is 12.2 Å². The van der Waals surface area contributed by atoms with Crippen molar-refractivity contribution in [3.63, 3.8) is 0 Å². The quantitative estimate of drug-likeness (QED) is 0.514. The molecule has 0 atom stereocenters. The van der Waals surface area contributed by atoms with E-state index in [0.717, 1.165) is 10.6 Å². The third-order valence-electron chi connectivity index (χ3n) is 3.01. The van der Waals surface area contributed by atoms with Crippen molar-refractivity contribution in [2.24, 2.45) is 0 Å². The van der Waals surface area contributed by atoms with Crippen LogP contribution in [0.2, 0.25) is 0 Å². The standard InChI is InChI=1S/C17H19NO2S/c1-3-20-17(19)15-10-14(7-8-16(15)18)21-11-13-6-4-5-12(2)9-13/h4-10H,3,11,18H2,1-2H3. The molecule has 0 spiro atoms. The maximum Gasteiger partial charge on any atom is 0.340 e. The molecule has 21 heavy (non-hydrogen) atoms. The first kappa shape index (κ1) is 15.4. The summed E-state index contributed by atoms with van der Waals surface area (Å²) in [6, 6.07) is 13.9. The number of carbonyl (C=O) groups is 1. The van der Waals surface area contributed by atoms with Crippen LogP contribution >= 0.6 is 11.8 Å². The minimum absolute atomic E-state index is 0.346. The van der Waals surface area contributed by atoms with Crippen LogP contribution in [0, 0.1) is 6.92 Å². The van der Waals surface area contributed by atoms with E-state index in [4.69, 9.17) is 10.5 Å². The first-order valence-electron chi connectivity index (χ1n) is 6.85. The molecule has 0 fully saturated rings. The maximum absolute atomic E-state index is 11.8. The van der Waals surface area contributed by atoms with E-state index in [1.165, 1.54) is 11.1 Å². The Labute approximate surface area is 129 Å². The number of anilines is 1. The lowest BCUT2D eigenvalue weighted by atomic mass is 10.2. The molecule has 2 aromatic rings. The first-order chi connectivity index (χ1) is 10.1. The van der Waals surface area contributed by atoms with Crippen molar-refractivity contribution in [3.8, 4) is 0 Å². The SMILES string of the molecule is CCOC(=O)c1cc(SCc2cccc(C)c2)ccc1N. The van der Waals surface area contributed by atoms with E-state index >= 15 is 0 Å². The molecule has 0 saturated carbocycles. The highest BCUT2D eigenvalue weighted by Gasteiger charge is 2.11. The Balaban J connectivity index is 2.10. The summed E-state index contributed by atoms with van der Waals surface area (Å²) in [5.74, 6) is 0.487. The van der Waals surface area contributed by atoms with Crippen molar-refractivity contribution >= 4 is 23.4 Å². The topological polar surface area (TPSA) is 52.3 Å². The fraction of sp³-hybridized carbons (Fsp3) is 0.235. The molecule has 0 saturated heterocycles. The number of esters is 1. The van der Waals surface area contributed by atoms with E-state index in [2.05, 4.69) is 31.2 Å². The molecule has 0 radical (unpaired) electrons. The zero-order valence-corrected chi connectivity index (χ0v) is 13.1. The number of carbonyl (C=O) groups excluding carboxylic acids is 1. The van der Waals surface area contributed by atoms with Gasteiger partial charge in [0, 0.05) is 16.3 Å². The average molecular weight is 301 g/mol. The Kier molecular flexibility index (Phi) is 5.28. The van der Waals surface area contributed by atoms with Crippen LogP contribution in [-0.4, -0.2) is 12.6 Å². The minimum Gasteiger partial charge on any atom is -0.462 e. The molecular weight excluding hydrogens is 282 g/mol. The third kappa shape index (κ3) is 4.26. The molecule has 3 nitrogen and oxygen atoms in total. The van der Waals surface area contributed by atoms with Gasteiger partial charge in [-0.25, -0.2) is 4.79 Å². The van der Waals surface area contributed by atoms with Crippen LogP contribution in [-0.2, 0) is 10.5 Å². The van der Waals surface area contributed by atoms with E-state index in [1.54, 1.807) is 30.8 Å². The van der Waals surface area contributed by atoms with Crippen molar-refractivity contribution < 1.29 is 9.53 Å². The molecule has 0 aliphatic heterocycles. The fourth-order valence-corrected chi connectivity index (χ4v) is 2.86. The molecule has 2 aromatic carbocycles. The number of aryl methyl sites for hydroxylation is 1. The van der Waals surface area contributed by atoms with Gasteiger partial charge in [-0.2, -0.15) is 0 Å². The van der Waals surface area contributed by atoms with Crippen LogP contribution in [0.1, 0.15) is 28.4 Å². The molecule has 0 bridgehead atoms. The molecule has 2 rings (SSSR count). The molecule has 0 aliphatic rings. The predicted molar refractivity (Wildman–Crippen MR) is 87.6 cm³/mol. The monoisotopic (exact) mass is 301 g/mol. The maximum atomic E-state index is 11.8. The van der Waals surface area contributed by atoms with Crippen molar-refractivity contribution in [2.45, 2.75) is 24.5 Å². The van der Waals surface area contributed by atoms with E-state index in [9.17, 15) is 4.79 Å². The van der Waals surface area contributed by atoms with Gasteiger partial charge in [0.15, 0.2) is 0 Å². The van der Waals surface area contributed by atoms with E-state index < -0.39 is 0 Å². The Hall–Kier alpha value is -1.94. The number of hydrogen-bond acceptors (Lipinski definition) is 4. The second-order valence-corrected chi connectivity index (χ2v) is 5.80. The summed E-state index contributed by atoms with van der Waals surface area (Å²) in [5.41, 5.74) is 9.23. The lowest BCUT2D eigenvalue weighted by molar-refractivity contribution is 0.0527. The molecule has 0 aliphatic carbocycles. The summed E-state index contributed by atoms with van der Waals surface area (Å²) in [5, 5.41) is 0. The zero-order valence-electron chi connectivity index (χ0n) is 12.3. The van der Waals surface area contributed by atoms with Gasteiger partial charge in [0.2, 0.25) is 0 Å². The van der Waals surface area contributed by atoms with E-state index in [1.807, 2.05) is 6.07 Å². The van der Waals surface area contributed by atoms with Crippen LogP contribution in [0.4, 0.5) is 5.69 Å². The molecule has 4 heteroatoms. The summed E-state index contributed by atoms with van der Waals surface area (Å²) in [7, 11) is 0. The van der Waals surface area contributed by atoms with Gasteiger partial charge in [0.25, 0.3) is 0 Å². The van der Waals surface area contributed by atoms with Gasteiger partial charge < -0.3 is 10.5 Å². The molecule has 0 unspecified atom stereocenters. The lowest BCUT2D eigenvalue weighted by Gasteiger charge is -2.08. The molecule has 2 N–H and O–H groups in total. The van der Waals surface area contributed by atoms with Gasteiger partial charge in [0.1, 0.15) is 0 Å². The highest BCUT2D eigenvalue weighted by molar-refractivity contribution is 7.98. The average Bonchev–Trinajstić information content (AvgIpc) is 2.46. The van der Waals surface area contributed by atoms with Crippen LogP contribution in [0.3, 0.4) is 0 Å². The molecule has 0 heterocycles. The van der Waals surface area contributed by atoms with Crippen LogP contribution in [0.15, 0.2) is 47.4 Å². The largest absolute Gasteiger partial charge is 0.462 e. The Bertz CT molecular complexity index is 640. The fourth-order valence-electron chi connectivity index (χ4n) is 1.98. The van der Waals surface area contributed by atoms with Gasteiger partial charge in [-0.05, 0) is 37.6 Å². The Morgan fingerprint density at radius 1 is 1.24 bits per heavy atom. The second kappa shape index (κ2) is 7.18. The normalized spacial score (nSPS) is 10.4. The number of ether oxygens (including phenoxy) is 1. The van der Waals surface area contributed by atoms with Gasteiger partial charge in [-0.15, -0.1) is 11.8 Å². The van der Waals surface area contributed by atoms with Gasteiger partial charge in [-0.1, -0.05) is 29.8 Å². The predicted octanol–water partition coefficient (Wildman–Crippen LogP) is 4.05. The smallest absolute Gasteiger partial charge is 0.340 e. The highest BCUT2D eigenvalue weighted by Crippen LogP contribution is 2.26. The van der Waals surface area contributed by atoms with E-state index in [-0.39, 0.29) is 5.97 Å². The summed E-state index contributed by atoms with van der Waals surface area (Å²) in [4.78, 5) is 12.8. The summed E-state index contributed by atoms with van der Waals surface area (Å²) < 4.78 is 5.01. The third-order valence-corrected chi connectivity index (χ3v) is 4.07. The van der Waals surface area contributed by atoms with Crippen LogP contribution < -0.4 is 5.73 Å². The number of nitrogen functional groups attached to an aromatic ring is 1. The zero-order chi connectivity index (χ0) is 15.2. The first-order valence-corrected chi connectivity index (χ1v) is 7.83. The summed E-state index contributed by atoms with van der Waals surface area (Å²) in [6.07, 6.45) is 0. The summed E-state index contributed by atoms with van der Waals surface area (Å²) >= 11 is 1.68. The summed E-state index contributed by atoms with van der Waals surface area (Å²) in [6.45, 7) is 4.21. The van der Waals surface area contributed by atoms with E-state index in [0.29, 0.717) is 17.9 Å². The van der Waals surface area contributed by atoms with Gasteiger partial charge in [-0.3, -0.25) is 0 Å². The minimum atomic E-state index is -0.368. The lowest BCUT2D eigenvalue weighted by Crippen LogP contribution is -2.08. The van der Waals surface area contributed by atoms with Crippen LogP contribution in [0.5, 0.6) is 0 Å². The molecule has 0 amide bonds. The number of nitrogens with two attached hydrogens (primary N) is 1. The van der Waals surface area contributed by atoms with Crippen molar-refractivity contribution in [2.75, 3.05) is 12.3 Å². The number of hydrogen-bond donors (Lipinski definition) is 1. The molecule has 0 aromatic heterocycles. The number of rotatable bonds is 5. The second-order valence-electron chi connectivity index (χ2n) is 4.75. The number of thioether (sulfide) groups is 1. The Morgan fingerprint density at radius 2 is 2.05 bits per heavy atom. The molecular formula is C17H19NO2S. The van der Waals surface area contributed by atoms with Crippen LogP contribution in [0.25, 0.3) is 0 Å². The van der Waals surface area contributed by atoms with Crippen molar-refractivity contribution in [3.05, 3.63) is 59.2 Å². The number of benzene rings is 2. The highest BCUT2D eigenvalue weighted by atomic mass is 32.2. The van der Waals surface area contributed by atoms with Crippen molar-refractivity contribution in [1.82, 2.24) is 0 Å².